The lowest BCUT2D eigenvalue weighted by Crippen LogP contribution is -1.93. The predicted octanol–water partition coefficient (Wildman–Crippen LogP) is 5.88. The van der Waals surface area contributed by atoms with Gasteiger partial charge in [-0.25, -0.2) is 0 Å². The van der Waals surface area contributed by atoms with Crippen LogP contribution in [0.3, 0.4) is 0 Å². The van der Waals surface area contributed by atoms with Crippen molar-refractivity contribution in [3.8, 4) is 0 Å². The van der Waals surface area contributed by atoms with Gasteiger partial charge >= 0.3 is 5.97 Å². The van der Waals surface area contributed by atoms with E-state index in [0.717, 1.165) is 12.8 Å². The molecule has 116 valence electrons. The van der Waals surface area contributed by atoms with E-state index in [1.54, 1.807) is 0 Å². The Bertz CT molecular complexity index is 267. The van der Waals surface area contributed by atoms with Crippen LogP contribution in [0.1, 0.15) is 84.0 Å². The lowest BCUT2D eigenvalue weighted by Gasteiger charge is -2.01. The Hall–Kier alpha value is -1.05. The van der Waals surface area contributed by atoms with Crippen LogP contribution in [0, 0.1) is 0 Å². The topological polar surface area (TPSA) is 37.3 Å². The predicted molar refractivity (Wildman–Crippen MR) is 87.0 cm³/mol. The summed E-state index contributed by atoms with van der Waals surface area (Å²) in [6.45, 7) is 2.04. The molecule has 0 aromatic rings. The minimum Gasteiger partial charge on any atom is -0.481 e. The van der Waals surface area contributed by atoms with Gasteiger partial charge in [-0.15, -0.1) is 0 Å². The second-order valence-corrected chi connectivity index (χ2v) is 5.42. The molecule has 0 heterocycles. The molecule has 0 saturated carbocycles. The van der Waals surface area contributed by atoms with Crippen LogP contribution in [-0.4, -0.2) is 11.1 Å². The average molecular weight is 280 g/mol. The van der Waals surface area contributed by atoms with Gasteiger partial charge in [0.05, 0.1) is 0 Å². The molecule has 0 unspecified atom stereocenters. The number of allylic oxidation sites excluding steroid dienone is 4. The molecule has 0 radical (unpaired) electrons. The van der Waals surface area contributed by atoms with Crippen molar-refractivity contribution in [1.82, 2.24) is 0 Å². The fourth-order valence-corrected chi connectivity index (χ4v) is 2.24. The average Bonchev–Trinajstić information content (AvgIpc) is 2.43. The number of aliphatic carboxylic acids is 1. The number of hydrogen-bond acceptors (Lipinski definition) is 1. The largest absolute Gasteiger partial charge is 0.481 e. The van der Waals surface area contributed by atoms with Gasteiger partial charge in [0.15, 0.2) is 0 Å². The van der Waals surface area contributed by atoms with Gasteiger partial charge in [-0.05, 0) is 26.2 Å². The molecular weight excluding hydrogens is 248 g/mol. The normalized spacial score (nSPS) is 11.7. The third kappa shape index (κ3) is 16.9. The van der Waals surface area contributed by atoms with Gasteiger partial charge in [0, 0.05) is 6.42 Å². The molecular formula is C18H32O2. The minimum absolute atomic E-state index is 0.336. The molecule has 0 aliphatic rings. The monoisotopic (exact) mass is 280 g/mol. The number of carbonyl (C=O) groups is 1. The van der Waals surface area contributed by atoms with E-state index >= 15 is 0 Å². The smallest absolute Gasteiger partial charge is 0.303 e. The molecule has 0 amide bonds. The maximum absolute atomic E-state index is 10.3. The first kappa shape index (κ1) is 18.9. The van der Waals surface area contributed by atoms with Gasteiger partial charge in [0.25, 0.3) is 0 Å². The molecule has 2 nitrogen and oxygen atoms in total. The van der Waals surface area contributed by atoms with Gasteiger partial charge in [-0.1, -0.05) is 75.7 Å². The Labute approximate surface area is 125 Å². The zero-order valence-electron chi connectivity index (χ0n) is 13.2. The van der Waals surface area contributed by atoms with Crippen LogP contribution >= 0.6 is 0 Å². The Balaban J connectivity index is 3.04. The molecule has 0 saturated heterocycles. The zero-order valence-corrected chi connectivity index (χ0v) is 13.2. The first-order valence-corrected chi connectivity index (χ1v) is 8.27. The Kier molecular flexibility index (Phi) is 15.2. The van der Waals surface area contributed by atoms with Crippen molar-refractivity contribution in [2.75, 3.05) is 0 Å². The van der Waals surface area contributed by atoms with E-state index in [1.165, 1.54) is 57.8 Å². The summed E-state index contributed by atoms with van der Waals surface area (Å²) in [5.74, 6) is -0.662. The van der Waals surface area contributed by atoms with Crippen LogP contribution in [-0.2, 0) is 4.79 Å². The molecule has 2 heteroatoms. The number of carboxylic acid groups (broad SMARTS) is 1. The van der Waals surface area contributed by atoms with Crippen molar-refractivity contribution in [3.63, 3.8) is 0 Å². The van der Waals surface area contributed by atoms with Crippen molar-refractivity contribution in [2.45, 2.75) is 84.0 Å². The molecule has 20 heavy (non-hydrogen) atoms. The first-order valence-electron chi connectivity index (χ1n) is 8.27. The maximum Gasteiger partial charge on any atom is 0.303 e. The van der Waals surface area contributed by atoms with Crippen LogP contribution < -0.4 is 0 Å². The van der Waals surface area contributed by atoms with Gasteiger partial charge in [-0.2, -0.15) is 0 Å². The van der Waals surface area contributed by atoms with E-state index in [2.05, 4.69) is 24.3 Å². The van der Waals surface area contributed by atoms with E-state index in [0.29, 0.717) is 6.42 Å². The molecule has 0 aromatic carbocycles. The number of unbranched alkanes of at least 4 members (excludes halogenated alkanes) is 10. The molecule has 0 aliphatic carbocycles. The molecule has 0 bridgehead atoms. The second-order valence-electron chi connectivity index (χ2n) is 5.42. The number of carboxylic acids is 1. The fourth-order valence-electron chi connectivity index (χ4n) is 2.24. The van der Waals surface area contributed by atoms with Crippen LogP contribution in [0.25, 0.3) is 0 Å². The molecule has 0 aliphatic heterocycles. The lowest BCUT2D eigenvalue weighted by molar-refractivity contribution is -0.137. The van der Waals surface area contributed by atoms with Crippen LogP contribution in [0.5, 0.6) is 0 Å². The minimum atomic E-state index is -0.662. The first-order chi connectivity index (χ1) is 9.77. The Morgan fingerprint density at radius 3 is 1.80 bits per heavy atom. The lowest BCUT2D eigenvalue weighted by atomic mass is 10.1. The molecule has 0 rings (SSSR count). The summed E-state index contributed by atoms with van der Waals surface area (Å²) in [6.07, 6.45) is 22.5. The Morgan fingerprint density at radius 1 is 0.800 bits per heavy atom. The van der Waals surface area contributed by atoms with E-state index in [4.69, 9.17) is 5.11 Å². The highest BCUT2D eigenvalue weighted by Gasteiger charge is 1.96. The fraction of sp³-hybridized carbons (Fsp3) is 0.722. The highest BCUT2D eigenvalue weighted by molar-refractivity contribution is 5.66. The van der Waals surface area contributed by atoms with Crippen molar-refractivity contribution in [1.29, 1.82) is 0 Å². The highest BCUT2D eigenvalue weighted by atomic mass is 16.4. The van der Waals surface area contributed by atoms with Gasteiger partial charge in [-0.3, -0.25) is 4.79 Å². The summed E-state index contributed by atoms with van der Waals surface area (Å²) in [4.78, 5) is 10.3. The summed E-state index contributed by atoms with van der Waals surface area (Å²) < 4.78 is 0. The van der Waals surface area contributed by atoms with Gasteiger partial charge < -0.3 is 5.11 Å². The highest BCUT2D eigenvalue weighted by Crippen LogP contribution is 2.12. The summed E-state index contributed by atoms with van der Waals surface area (Å²) in [5, 5.41) is 8.51. The van der Waals surface area contributed by atoms with E-state index in [9.17, 15) is 4.79 Å². The zero-order chi connectivity index (χ0) is 14.9. The van der Waals surface area contributed by atoms with Crippen molar-refractivity contribution in [2.24, 2.45) is 0 Å². The van der Waals surface area contributed by atoms with Crippen LogP contribution in [0.15, 0.2) is 24.3 Å². The van der Waals surface area contributed by atoms with Crippen LogP contribution in [0.2, 0.25) is 0 Å². The molecule has 0 spiro atoms. The number of rotatable bonds is 14. The van der Waals surface area contributed by atoms with E-state index in [-0.39, 0.29) is 0 Å². The second kappa shape index (κ2) is 16.0. The van der Waals surface area contributed by atoms with Crippen molar-refractivity contribution < 1.29 is 9.90 Å². The van der Waals surface area contributed by atoms with Gasteiger partial charge in [0.1, 0.15) is 0 Å². The van der Waals surface area contributed by atoms with Crippen molar-refractivity contribution in [3.05, 3.63) is 24.3 Å². The quantitative estimate of drug-likeness (QED) is 0.318. The summed E-state index contributed by atoms with van der Waals surface area (Å²) in [5.41, 5.74) is 0. The SMILES string of the molecule is C/C=C/C=C/CCCCCCCCCCCCC(=O)O. The molecule has 0 fully saturated rings. The van der Waals surface area contributed by atoms with Crippen LogP contribution in [0.4, 0.5) is 0 Å². The summed E-state index contributed by atoms with van der Waals surface area (Å²) in [7, 11) is 0. The standard InChI is InChI=1S/C18H32O2/c1-2-3-4-5-6-7-8-9-10-11-12-13-14-15-16-17-18(19)20/h2-5H,6-17H2,1H3,(H,19,20)/b3-2+,5-4+. The summed E-state index contributed by atoms with van der Waals surface area (Å²) in [6, 6.07) is 0. The molecule has 0 aromatic heterocycles. The van der Waals surface area contributed by atoms with E-state index in [1.807, 2.05) is 6.92 Å². The van der Waals surface area contributed by atoms with E-state index < -0.39 is 5.97 Å². The molecule has 0 atom stereocenters. The third-order valence-electron chi connectivity index (χ3n) is 3.45. The third-order valence-corrected chi connectivity index (χ3v) is 3.45. The molecule has 1 N–H and O–H groups in total. The summed E-state index contributed by atoms with van der Waals surface area (Å²) >= 11 is 0. The van der Waals surface area contributed by atoms with Gasteiger partial charge in [0.2, 0.25) is 0 Å². The maximum atomic E-state index is 10.3. The van der Waals surface area contributed by atoms with Crippen molar-refractivity contribution >= 4 is 5.97 Å². The Morgan fingerprint density at radius 2 is 1.30 bits per heavy atom. The number of hydrogen-bond donors (Lipinski definition) is 1.